The Hall–Kier alpha value is -2.60. The van der Waals surface area contributed by atoms with E-state index in [0.717, 1.165) is 37.2 Å². The Bertz CT molecular complexity index is 954. The number of likely N-dealkylation sites (tertiary alicyclic amines) is 1. The van der Waals surface area contributed by atoms with Crippen LogP contribution in [0.4, 0.5) is 4.39 Å². The number of fused-ring (bicyclic) bond motifs is 1. The van der Waals surface area contributed by atoms with E-state index in [1.165, 1.54) is 12.1 Å². The molecule has 0 unspecified atom stereocenters. The highest BCUT2D eigenvalue weighted by Gasteiger charge is 2.20. The standard InChI is InChI=1S/C20H22FN5/c1-14-15(12-23-26(14)18-7-9-25(2)10-8-18)3-5-17-13-22-19-6-4-16(21)11-20(19)24-17/h3-6,11-13,18H,7-10H2,1-2H3/b5-3+. The largest absolute Gasteiger partial charge is 0.306 e. The molecule has 1 saturated heterocycles. The van der Waals surface area contributed by atoms with E-state index >= 15 is 0 Å². The maximum atomic E-state index is 13.4. The SMILES string of the molecule is Cc1c(/C=C/c2cnc3ccc(F)cc3n2)cnn1C1CCN(C)CC1. The molecule has 0 radical (unpaired) electrons. The van der Waals surface area contributed by atoms with Crippen molar-refractivity contribution in [3.05, 3.63) is 53.4 Å². The molecule has 26 heavy (non-hydrogen) atoms. The molecule has 1 aliphatic heterocycles. The van der Waals surface area contributed by atoms with Crippen molar-refractivity contribution >= 4 is 23.2 Å². The molecule has 0 aliphatic carbocycles. The van der Waals surface area contributed by atoms with Crippen LogP contribution in [-0.2, 0) is 0 Å². The van der Waals surface area contributed by atoms with Gasteiger partial charge in [-0.3, -0.25) is 9.67 Å². The molecule has 6 heteroatoms. The first kappa shape index (κ1) is 16.8. The minimum Gasteiger partial charge on any atom is -0.306 e. The van der Waals surface area contributed by atoms with Gasteiger partial charge in [0.2, 0.25) is 0 Å². The van der Waals surface area contributed by atoms with Crippen LogP contribution in [0.15, 0.2) is 30.6 Å². The molecular formula is C20H22FN5. The van der Waals surface area contributed by atoms with Gasteiger partial charge in [-0.05, 0) is 64.2 Å². The van der Waals surface area contributed by atoms with Crippen LogP contribution < -0.4 is 0 Å². The summed E-state index contributed by atoms with van der Waals surface area (Å²) in [5.41, 5.74) is 4.19. The fourth-order valence-corrected chi connectivity index (χ4v) is 3.46. The van der Waals surface area contributed by atoms with Gasteiger partial charge in [-0.2, -0.15) is 5.10 Å². The van der Waals surface area contributed by atoms with Crippen LogP contribution in [0.25, 0.3) is 23.2 Å². The number of hydrogen-bond acceptors (Lipinski definition) is 4. The van der Waals surface area contributed by atoms with Gasteiger partial charge >= 0.3 is 0 Å². The molecule has 0 saturated carbocycles. The topological polar surface area (TPSA) is 46.8 Å². The molecule has 0 amide bonds. The van der Waals surface area contributed by atoms with Crippen molar-refractivity contribution in [3.63, 3.8) is 0 Å². The van der Waals surface area contributed by atoms with Crippen molar-refractivity contribution in [3.8, 4) is 0 Å². The summed E-state index contributed by atoms with van der Waals surface area (Å²) in [6.07, 6.45) is 9.77. The second-order valence-corrected chi connectivity index (χ2v) is 6.93. The molecule has 3 aromatic rings. The van der Waals surface area contributed by atoms with Crippen LogP contribution in [0.5, 0.6) is 0 Å². The van der Waals surface area contributed by atoms with Crippen LogP contribution >= 0.6 is 0 Å². The normalized spacial score (nSPS) is 16.7. The van der Waals surface area contributed by atoms with Crippen molar-refractivity contribution in [2.75, 3.05) is 20.1 Å². The van der Waals surface area contributed by atoms with Gasteiger partial charge in [-0.15, -0.1) is 0 Å². The first-order chi connectivity index (χ1) is 12.6. The lowest BCUT2D eigenvalue weighted by molar-refractivity contribution is 0.210. The highest BCUT2D eigenvalue weighted by molar-refractivity contribution is 5.77. The van der Waals surface area contributed by atoms with Crippen LogP contribution in [0.2, 0.25) is 0 Å². The highest BCUT2D eigenvalue weighted by atomic mass is 19.1. The first-order valence-corrected chi connectivity index (χ1v) is 8.93. The number of piperidine rings is 1. The van der Waals surface area contributed by atoms with Crippen molar-refractivity contribution in [2.45, 2.75) is 25.8 Å². The summed E-state index contributed by atoms with van der Waals surface area (Å²) in [7, 11) is 2.16. The van der Waals surface area contributed by atoms with E-state index in [1.54, 1.807) is 12.3 Å². The summed E-state index contributed by atoms with van der Waals surface area (Å²) in [5, 5.41) is 4.60. The second-order valence-electron chi connectivity index (χ2n) is 6.93. The number of nitrogens with zero attached hydrogens (tertiary/aromatic N) is 5. The lowest BCUT2D eigenvalue weighted by Crippen LogP contribution is -2.32. The summed E-state index contributed by atoms with van der Waals surface area (Å²) in [4.78, 5) is 11.2. The maximum absolute atomic E-state index is 13.4. The summed E-state index contributed by atoms with van der Waals surface area (Å²) in [5.74, 6) is -0.303. The van der Waals surface area contributed by atoms with Gasteiger partial charge in [-0.1, -0.05) is 0 Å². The van der Waals surface area contributed by atoms with Crippen molar-refractivity contribution in [1.29, 1.82) is 0 Å². The van der Waals surface area contributed by atoms with E-state index < -0.39 is 0 Å². The molecule has 0 N–H and O–H groups in total. The number of halogens is 1. The predicted octanol–water partition coefficient (Wildman–Crippen LogP) is 3.71. The Kier molecular flexibility index (Phi) is 4.51. The molecule has 1 aliphatic rings. The molecule has 3 heterocycles. The first-order valence-electron chi connectivity index (χ1n) is 8.93. The van der Waals surface area contributed by atoms with E-state index in [2.05, 4.69) is 38.6 Å². The van der Waals surface area contributed by atoms with Crippen molar-refractivity contribution in [2.24, 2.45) is 0 Å². The number of rotatable bonds is 3. The van der Waals surface area contributed by atoms with Gasteiger partial charge in [0.1, 0.15) is 5.82 Å². The number of aromatic nitrogens is 4. The van der Waals surface area contributed by atoms with Crippen LogP contribution in [0.3, 0.4) is 0 Å². The second kappa shape index (κ2) is 6.96. The number of benzene rings is 1. The smallest absolute Gasteiger partial charge is 0.125 e. The minimum atomic E-state index is -0.303. The zero-order chi connectivity index (χ0) is 18.1. The lowest BCUT2D eigenvalue weighted by Gasteiger charge is -2.29. The zero-order valence-electron chi connectivity index (χ0n) is 15.1. The van der Waals surface area contributed by atoms with E-state index in [9.17, 15) is 4.39 Å². The van der Waals surface area contributed by atoms with Crippen molar-refractivity contribution in [1.82, 2.24) is 24.6 Å². The van der Waals surface area contributed by atoms with Gasteiger partial charge in [0.15, 0.2) is 0 Å². The molecule has 4 rings (SSSR count). The lowest BCUT2D eigenvalue weighted by atomic mass is 10.1. The minimum absolute atomic E-state index is 0.303. The van der Waals surface area contributed by atoms with Gasteiger partial charge in [0.05, 0.1) is 35.2 Å². The average Bonchev–Trinajstić information content (AvgIpc) is 3.01. The Morgan fingerprint density at radius 2 is 1.92 bits per heavy atom. The zero-order valence-corrected chi connectivity index (χ0v) is 15.1. The molecule has 1 fully saturated rings. The maximum Gasteiger partial charge on any atom is 0.125 e. The summed E-state index contributed by atoms with van der Waals surface area (Å²) in [6.45, 7) is 4.32. The average molecular weight is 351 g/mol. The van der Waals surface area contributed by atoms with Gasteiger partial charge < -0.3 is 4.90 Å². The van der Waals surface area contributed by atoms with Gasteiger partial charge in [-0.25, -0.2) is 9.37 Å². The molecule has 0 bridgehead atoms. The molecular weight excluding hydrogens is 329 g/mol. The fraction of sp³-hybridized carbons (Fsp3) is 0.350. The van der Waals surface area contributed by atoms with E-state index in [-0.39, 0.29) is 5.82 Å². The Balaban J connectivity index is 1.55. The monoisotopic (exact) mass is 351 g/mol. The predicted molar refractivity (Wildman–Crippen MR) is 101 cm³/mol. The Morgan fingerprint density at radius 3 is 2.73 bits per heavy atom. The molecule has 2 aromatic heterocycles. The van der Waals surface area contributed by atoms with Crippen molar-refractivity contribution < 1.29 is 4.39 Å². The molecule has 5 nitrogen and oxygen atoms in total. The number of hydrogen-bond donors (Lipinski definition) is 0. The van der Waals surface area contributed by atoms with Gasteiger partial charge in [0, 0.05) is 17.3 Å². The summed E-state index contributed by atoms with van der Waals surface area (Å²) >= 11 is 0. The molecule has 0 atom stereocenters. The Labute approximate surface area is 152 Å². The third-order valence-electron chi connectivity index (χ3n) is 5.07. The van der Waals surface area contributed by atoms with Crippen LogP contribution in [0.1, 0.15) is 35.8 Å². The van der Waals surface area contributed by atoms with E-state index in [1.807, 2.05) is 18.3 Å². The third kappa shape index (κ3) is 3.37. The summed E-state index contributed by atoms with van der Waals surface area (Å²) < 4.78 is 15.5. The van der Waals surface area contributed by atoms with E-state index in [4.69, 9.17) is 0 Å². The summed E-state index contributed by atoms with van der Waals surface area (Å²) in [6, 6.07) is 4.91. The third-order valence-corrected chi connectivity index (χ3v) is 5.07. The Morgan fingerprint density at radius 1 is 1.12 bits per heavy atom. The molecule has 1 aromatic carbocycles. The van der Waals surface area contributed by atoms with Crippen LogP contribution in [-0.4, -0.2) is 44.8 Å². The molecule has 134 valence electrons. The van der Waals surface area contributed by atoms with E-state index in [0.29, 0.717) is 22.8 Å². The molecule has 0 spiro atoms. The van der Waals surface area contributed by atoms with Crippen LogP contribution in [0, 0.1) is 12.7 Å². The fourth-order valence-electron chi connectivity index (χ4n) is 3.46. The highest BCUT2D eigenvalue weighted by Crippen LogP contribution is 2.24. The quantitative estimate of drug-likeness (QED) is 0.722. The van der Waals surface area contributed by atoms with Gasteiger partial charge in [0.25, 0.3) is 0 Å².